The van der Waals surface area contributed by atoms with E-state index in [0.29, 0.717) is 11.6 Å². The van der Waals surface area contributed by atoms with Gasteiger partial charge in [-0.25, -0.2) is 0 Å². The first-order valence-electron chi connectivity index (χ1n) is 8.98. The molecule has 0 saturated heterocycles. The van der Waals surface area contributed by atoms with E-state index in [1.807, 2.05) is 26.0 Å². The lowest BCUT2D eigenvalue weighted by atomic mass is 10.0. The van der Waals surface area contributed by atoms with Gasteiger partial charge >= 0.3 is 0 Å². The number of methoxy groups -OCH3 is 1. The highest BCUT2D eigenvalue weighted by Gasteiger charge is 2.21. The SMILES string of the molecule is COc1c(C)cnc(CN(C)C(=O)CC(NC(C)=O)c2ccc(Cl)cc2)c1C. The average molecular weight is 404 g/mol. The Morgan fingerprint density at radius 3 is 2.46 bits per heavy atom. The van der Waals surface area contributed by atoms with Crippen LogP contribution in [-0.4, -0.2) is 35.9 Å². The normalized spacial score (nSPS) is 11.6. The summed E-state index contributed by atoms with van der Waals surface area (Å²) in [6.45, 7) is 5.65. The minimum atomic E-state index is -0.425. The van der Waals surface area contributed by atoms with E-state index in [-0.39, 0.29) is 18.2 Å². The van der Waals surface area contributed by atoms with Gasteiger partial charge in [-0.2, -0.15) is 0 Å². The third kappa shape index (κ3) is 5.45. The number of ether oxygens (including phenoxy) is 1. The molecule has 1 aromatic heterocycles. The molecule has 0 spiro atoms. The van der Waals surface area contributed by atoms with Gasteiger partial charge in [-0.3, -0.25) is 14.6 Å². The number of amides is 2. The molecule has 1 atom stereocenters. The molecule has 6 nitrogen and oxygen atoms in total. The van der Waals surface area contributed by atoms with Crippen molar-refractivity contribution in [3.63, 3.8) is 0 Å². The molecule has 1 aromatic carbocycles. The third-order valence-electron chi connectivity index (χ3n) is 4.59. The van der Waals surface area contributed by atoms with E-state index in [0.717, 1.165) is 28.1 Å². The number of hydrogen-bond donors (Lipinski definition) is 1. The molecule has 1 N–H and O–H groups in total. The molecule has 0 radical (unpaired) electrons. The number of carbonyl (C=O) groups is 2. The average Bonchev–Trinajstić information content (AvgIpc) is 2.64. The highest BCUT2D eigenvalue weighted by Crippen LogP contribution is 2.25. The van der Waals surface area contributed by atoms with Crippen LogP contribution < -0.4 is 10.1 Å². The van der Waals surface area contributed by atoms with Crippen LogP contribution >= 0.6 is 11.6 Å². The summed E-state index contributed by atoms with van der Waals surface area (Å²) in [5.41, 5.74) is 3.47. The number of nitrogens with one attached hydrogen (secondary N) is 1. The summed E-state index contributed by atoms with van der Waals surface area (Å²) in [7, 11) is 3.35. The van der Waals surface area contributed by atoms with E-state index >= 15 is 0 Å². The Hall–Kier alpha value is -2.60. The van der Waals surface area contributed by atoms with Crippen molar-refractivity contribution < 1.29 is 14.3 Å². The van der Waals surface area contributed by atoms with Crippen molar-refractivity contribution in [2.45, 2.75) is 39.8 Å². The number of benzene rings is 1. The lowest BCUT2D eigenvalue weighted by Gasteiger charge is -2.23. The topological polar surface area (TPSA) is 71.5 Å². The van der Waals surface area contributed by atoms with Crippen LogP contribution in [0, 0.1) is 13.8 Å². The second-order valence-electron chi connectivity index (χ2n) is 6.80. The van der Waals surface area contributed by atoms with Gasteiger partial charge in [0.15, 0.2) is 0 Å². The summed E-state index contributed by atoms with van der Waals surface area (Å²) in [4.78, 5) is 30.5. The summed E-state index contributed by atoms with van der Waals surface area (Å²) >= 11 is 5.94. The lowest BCUT2D eigenvalue weighted by Crippen LogP contribution is -2.33. The fourth-order valence-electron chi connectivity index (χ4n) is 3.07. The molecule has 28 heavy (non-hydrogen) atoms. The first kappa shape index (κ1) is 21.7. The Morgan fingerprint density at radius 2 is 1.89 bits per heavy atom. The highest BCUT2D eigenvalue weighted by atomic mass is 35.5. The first-order valence-corrected chi connectivity index (χ1v) is 9.36. The van der Waals surface area contributed by atoms with Gasteiger partial charge in [0.2, 0.25) is 11.8 Å². The molecule has 0 aliphatic carbocycles. The Morgan fingerprint density at radius 1 is 1.25 bits per heavy atom. The monoisotopic (exact) mass is 403 g/mol. The van der Waals surface area contributed by atoms with Crippen LogP contribution in [0.1, 0.15) is 41.8 Å². The zero-order valence-electron chi connectivity index (χ0n) is 16.9. The molecule has 2 aromatic rings. The van der Waals surface area contributed by atoms with Gasteiger partial charge in [-0.15, -0.1) is 0 Å². The molecule has 7 heteroatoms. The van der Waals surface area contributed by atoms with Crippen LogP contribution in [0.5, 0.6) is 5.75 Å². The molecule has 1 heterocycles. The second-order valence-corrected chi connectivity index (χ2v) is 7.24. The fraction of sp³-hybridized carbons (Fsp3) is 0.381. The molecule has 2 rings (SSSR count). The predicted molar refractivity (Wildman–Crippen MR) is 109 cm³/mol. The maximum Gasteiger partial charge on any atom is 0.225 e. The molecular formula is C21H26ClN3O3. The van der Waals surface area contributed by atoms with E-state index in [9.17, 15) is 9.59 Å². The molecule has 150 valence electrons. The predicted octanol–water partition coefficient (Wildman–Crippen LogP) is 3.59. The summed E-state index contributed by atoms with van der Waals surface area (Å²) in [5.74, 6) is 0.480. The number of pyridine rings is 1. The Bertz CT molecular complexity index is 853. The van der Waals surface area contributed by atoms with Gasteiger partial charge in [0, 0.05) is 36.3 Å². The zero-order valence-corrected chi connectivity index (χ0v) is 17.6. The van der Waals surface area contributed by atoms with Crippen molar-refractivity contribution in [1.29, 1.82) is 0 Å². The second kappa shape index (κ2) is 9.55. The van der Waals surface area contributed by atoms with Crippen LogP contribution in [0.25, 0.3) is 0 Å². The number of nitrogens with zero attached hydrogens (tertiary/aromatic N) is 2. The summed E-state index contributed by atoms with van der Waals surface area (Å²) in [5, 5.41) is 3.44. The van der Waals surface area contributed by atoms with Crippen LogP contribution in [0.3, 0.4) is 0 Å². The maximum atomic E-state index is 12.8. The van der Waals surface area contributed by atoms with Crippen molar-refractivity contribution in [2.75, 3.05) is 14.2 Å². The van der Waals surface area contributed by atoms with E-state index in [2.05, 4.69) is 10.3 Å². The first-order chi connectivity index (χ1) is 13.2. The lowest BCUT2D eigenvalue weighted by molar-refractivity contribution is -0.131. The number of rotatable bonds is 7. The van der Waals surface area contributed by atoms with Gasteiger partial charge in [0.1, 0.15) is 5.75 Å². The minimum absolute atomic E-state index is 0.102. The van der Waals surface area contributed by atoms with Crippen molar-refractivity contribution >= 4 is 23.4 Å². The maximum absolute atomic E-state index is 12.8. The minimum Gasteiger partial charge on any atom is -0.496 e. The van der Waals surface area contributed by atoms with Crippen LogP contribution in [-0.2, 0) is 16.1 Å². The number of carbonyl (C=O) groups excluding carboxylic acids is 2. The van der Waals surface area contributed by atoms with E-state index in [1.165, 1.54) is 6.92 Å². The van der Waals surface area contributed by atoms with Crippen LogP contribution in [0.4, 0.5) is 0 Å². The summed E-state index contributed by atoms with van der Waals surface area (Å²) in [6.07, 6.45) is 1.88. The van der Waals surface area contributed by atoms with Crippen molar-refractivity contribution in [1.82, 2.24) is 15.2 Å². The van der Waals surface area contributed by atoms with Gasteiger partial charge in [-0.05, 0) is 31.5 Å². The van der Waals surface area contributed by atoms with Gasteiger partial charge in [0.25, 0.3) is 0 Å². The Labute approximate surface area is 170 Å². The number of hydrogen-bond acceptors (Lipinski definition) is 4. The van der Waals surface area contributed by atoms with E-state index < -0.39 is 6.04 Å². The van der Waals surface area contributed by atoms with Crippen LogP contribution in [0.2, 0.25) is 5.02 Å². The standard InChI is InChI=1S/C21H26ClN3O3/c1-13-11-23-19(14(2)21(13)28-5)12-25(4)20(27)10-18(24-15(3)26)16-6-8-17(22)9-7-16/h6-9,11,18H,10,12H2,1-5H3,(H,24,26). The Kier molecular flexibility index (Phi) is 7.40. The molecule has 0 fully saturated rings. The van der Waals surface area contributed by atoms with Gasteiger partial charge in [-0.1, -0.05) is 23.7 Å². The number of aromatic nitrogens is 1. The molecule has 2 amide bonds. The van der Waals surface area contributed by atoms with E-state index in [1.54, 1.807) is 37.4 Å². The van der Waals surface area contributed by atoms with Gasteiger partial charge < -0.3 is 15.0 Å². The molecular weight excluding hydrogens is 378 g/mol. The highest BCUT2D eigenvalue weighted by molar-refractivity contribution is 6.30. The molecule has 1 unspecified atom stereocenters. The molecule has 0 aliphatic heterocycles. The summed E-state index contributed by atoms with van der Waals surface area (Å²) in [6, 6.07) is 6.68. The largest absolute Gasteiger partial charge is 0.496 e. The van der Waals surface area contributed by atoms with Crippen LogP contribution in [0.15, 0.2) is 30.5 Å². The van der Waals surface area contributed by atoms with E-state index in [4.69, 9.17) is 16.3 Å². The third-order valence-corrected chi connectivity index (χ3v) is 4.84. The summed E-state index contributed by atoms with van der Waals surface area (Å²) < 4.78 is 5.43. The fourth-order valence-corrected chi connectivity index (χ4v) is 3.19. The molecule has 0 bridgehead atoms. The molecule has 0 aliphatic rings. The van der Waals surface area contributed by atoms with Crippen molar-refractivity contribution in [3.05, 3.63) is 57.9 Å². The zero-order chi connectivity index (χ0) is 20.8. The molecule has 0 saturated carbocycles. The smallest absolute Gasteiger partial charge is 0.225 e. The van der Waals surface area contributed by atoms with Crippen molar-refractivity contribution in [3.8, 4) is 5.75 Å². The quantitative estimate of drug-likeness (QED) is 0.766. The number of aryl methyl sites for hydroxylation is 1. The van der Waals surface area contributed by atoms with Crippen molar-refractivity contribution in [2.24, 2.45) is 0 Å². The van der Waals surface area contributed by atoms with Gasteiger partial charge in [0.05, 0.1) is 31.8 Å². The Balaban J connectivity index is 2.14. The number of halogens is 1.